The zero-order chi connectivity index (χ0) is 13.9. The molecule has 2 unspecified atom stereocenters. The molecular weight excluding hydrogens is 258 g/mol. The van der Waals surface area contributed by atoms with Gasteiger partial charge in [0.05, 0.1) is 11.8 Å². The van der Waals surface area contributed by atoms with Crippen LogP contribution in [-0.2, 0) is 0 Å². The van der Waals surface area contributed by atoms with Crippen LogP contribution in [0, 0.1) is 18.3 Å². The topological polar surface area (TPSA) is 61.9 Å². The van der Waals surface area contributed by atoms with Crippen LogP contribution in [0.25, 0.3) is 0 Å². The van der Waals surface area contributed by atoms with E-state index in [9.17, 15) is 5.26 Å². The van der Waals surface area contributed by atoms with Crippen LogP contribution in [0.1, 0.15) is 45.2 Å². The van der Waals surface area contributed by atoms with E-state index in [0.717, 1.165) is 36.6 Å². The molecule has 104 valence electrons. The smallest absolute Gasteiger partial charge is 0.256 e. The van der Waals surface area contributed by atoms with Gasteiger partial charge in [0.25, 0.3) is 5.22 Å². The second kappa shape index (κ2) is 5.98. The number of hydrogen-bond donors (Lipinski definition) is 1. The fourth-order valence-electron chi connectivity index (χ4n) is 2.67. The molecule has 0 amide bonds. The van der Waals surface area contributed by atoms with Gasteiger partial charge in [-0.25, -0.2) is 4.98 Å². The number of rotatable bonds is 4. The van der Waals surface area contributed by atoms with Gasteiger partial charge >= 0.3 is 0 Å². The Morgan fingerprint density at radius 2 is 2.42 bits per heavy atom. The van der Waals surface area contributed by atoms with Gasteiger partial charge in [0.1, 0.15) is 11.8 Å². The summed E-state index contributed by atoms with van der Waals surface area (Å²) in [6.45, 7) is 6.11. The molecule has 1 aromatic heterocycles. The molecule has 0 bridgehead atoms. The van der Waals surface area contributed by atoms with Gasteiger partial charge in [0.15, 0.2) is 0 Å². The van der Waals surface area contributed by atoms with Crippen molar-refractivity contribution < 1.29 is 4.42 Å². The van der Waals surface area contributed by atoms with Gasteiger partial charge in [-0.15, -0.1) is 0 Å². The summed E-state index contributed by atoms with van der Waals surface area (Å²) in [5.74, 6) is 0. The van der Waals surface area contributed by atoms with Gasteiger partial charge in [0.2, 0.25) is 0 Å². The fraction of sp³-hybridized carbons (Fsp3) is 0.714. The van der Waals surface area contributed by atoms with Gasteiger partial charge in [0, 0.05) is 11.3 Å². The van der Waals surface area contributed by atoms with Gasteiger partial charge in [-0.05, 0) is 46.5 Å². The second-order valence-electron chi connectivity index (χ2n) is 5.58. The molecule has 1 aromatic rings. The van der Waals surface area contributed by atoms with Crippen LogP contribution in [0.3, 0.4) is 0 Å². The molecule has 1 aliphatic rings. The molecule has 2 atom stereocenters. The van der Waals surface area contributed by atoms with Crippen molar-refractivity contribution in [1.82, 2.24) is 10.3 Å². The van der Waals surface area contributed by atoms with E-state index < -0.39 is 0 Å². The summed E-state index contributed by atoms with van der Waals surface area (Å²) in [4.78, 5) is 4.33. The van der Waals surface area contributed by atoms with E-state index in [-0.39, 0.29) is 5.54 Å². The maximum atomic E-state index is 9.52. The Morgan fingerprint density at radius 3 is 3.00 bits per heavy atom. The van der Waals surface area contributed by atoms with E-state index >= 15 is 0 Å². The van der Waals surface area contributed by atoms with E-state index in [1.807, 2.05) is 6.92 Å². The van der Waals surface area contributed by atoms with Gasteiger partial charge in [-0.1, -0.05) is 11.8 Å². The summed E-state index contributed by atoms with van der Waals surface area (Å²) in [7, 11) is 0. The Balaban J connectivity index is 2.02. The minimum absolute atomic E-state index is 0.326. The third-order valence-electron chi connectivity index (χ3n) is 3.35. The summed E-state index contributed by atoms with van der Waals surface area (Å²) in [6, 6.07) is 2.82. The van der Waals surface area contributed by atoms with E-state index in [2.05, 4.69) is 30.2 Å². The summed E-state index contributed by atoms with van der Waals surface area (Å²) in [5.41, 5.74) is 0.524. The van der Waals surface area contributed by atoms with Crippen LogP contribution < -0.4 is 5.32 Å². The number of aryl methyl sites for hydroxylation is 1. The fourth-order valence-corrected chi connectivity index (χ4v) is 3.91. The van der Waals surface area contributed by atoms with Crippen LogP contribution in [-0.4, -0.2) is 21.8 Å². The molecule has 0 aromatic carbocycles. The Bertz CT molecular complexity index is 466. The molecule has 5 heteroatoms. The zero-order valence-electron chi connectivity index (χ0n) is 11.8. The number of nitrogens with zero attached hydrogens (tertiary/aromatic N) is 2. The van der Waals surface area contributed by atoms with Crippen molar-refractivity contribution >= 4 is 11.8 Å². The van der Waals surface area contributed by atoms with Crippen LogP contribution in [0.2, 0.25) is 0 Å². The molecule has 19 heavy (non-hydrogen) atoms. The molecule has 0 aliphatic heterocycles. The van der Waals surface area contributed by atoms with E-state index in [1.165, 1.54) is 0 Å². The van der Waals surface area contributed by atoms with Crippen molar-refractivity contribution in [3.8, 4) is 6.07 Å². The van der Waals surface area contributed by atoms with Crippen molar-refractivity contribution in [3.05, 3.63) is 12.0 Å². The first-order valence-corrected chi connectivity index (χ1v) is 7.69. The van der Waals surface area contributed by atoms with Crippen LogP contribution >= 0.6 is 11.8 Å². The number of aromatic nitrogens is 1. The number of hydrogen-bond acceptors (Lipinski definition) is 5. The highest BCUT2D eigenvalue weighted by Crippen LogP contribution is 2.38. The Morgan fingerprint density at radius 1 is 1.63 bits per heavy atom. The molecule has 1 N–H and O–H groups in total. The third kappa shape index (κ3) is 3.74. The zero-order valence-corrected chi connectivity index (χ0v) is 12.6. The Kier molecular flexibility index (Phi) is 4.54. The lowest BCUT2D eigenvalue weighted by atomic mass is 9.82. The molecule has 1 fully saturated rings. The lowest BCUT2D eigenvalue weighted by molar-refractivity contribution is 0.284. The van der Waals surface area contributed by atoms with Crippen molar-refractivity contribution in [2.24, 2.45) is 0 Å². The minimum atomic E-state index is -0.383. The molecule has 1 heterocycles. The predicted molar refractivity (Wildman–Crippen MR) is 76.0 cm³/mol. The first-order valence-electron chi connectivity index (χ1n) is 6.81. The molecule has 2 rings (SSSR count). The minimum Gasteiger partial charge on any atom is -0.440 e. The van der Waals surface area contributed by atoms with Crippen LogP contribution in [0.15, 0.2) is 15.9 Å². The molecule has 4 nitrogen and oxygen atoms in total. The van der Waals surface area contributed by atoms with Crippen molar-refractivity contribution in [2.75, 3.05) is 0 Å². The SMILES string of the molecule is Cc1coc(SC2CCCC(C#N)(NC(C)C)C2)n1. The Hall–Kier alpha value is -0.990. The highest BCUT2D eigenvalue weighted by atomic mass is 32.2. The highest BCUT2D eigenvalue weighted by molar-refractivity contribution is 7.99. The summed E-state index contributed by atoms with van der Waals surface area (Å²) in [5, 5.41) is 14.1. The molecule has 0 saturated heterocycles. The van der Waals surface area contributed by atoms with E-state index in [0.29, 0.717) is 11.3 Å². The van der Waals surface area contributed by atoms with Crippen LogP contribution in [0.5, 0.6) is 0 Å². The number of nitriles is 1. The summed E-state index contributed by atoms with van der Waals surface area (Å²) in [6.07, 6.45) is 5.66. The van der Waals surface area contributed by atoms with Gasteiger partial charge in [-0.3, -0.25) is 5.32 Å². The first kappa shape index (κ1) is 14.4. The lowest BCUT2D eigenvalue weighted by Crippen LogP contribution is -2.51. The van der Waals surface area contributed by atoms with Crippen LogP contribution in [0.4, 0.5) is 0 Å². The van der Waals surface area contributed by atoms with Gasteiger partial charge < -0.3 is 4.42 Å². The van der Waals surface area contributed by atoms with Crippen molar-refractivity contribution in [3.63, 3.8) is 0 Å². The average Bonchev–Trinajstić information content (AvgIpc) is 2.74. The molecule has 0 radical (unpaired) electrons. The van der Waals surface area contributed by atoms with E-state index in [1.54, 1.807) is 18.0 Å². The van der Waals surface area contributed by atoms with E-state index in [4.69, 9.17) is 4.42 Å². The molecule has 0 spiro atoms. The van der Waals surface area contributed by atoms with Crippen molar-refractivity contribution in [2.45, 2.75) is 68.5 Å². The normalized spacial score (nSPS) is 27.4. The number of oxazole rings is 1. The predicted octanol–water partition coefficient (Wildman–Crippen LogP) is 3.28. The molecule has 1 aliphatic carbocycles. The maximum absolute atomic E-state index is 9.52. The first-order chi connectivity index (χ1) is 9.03. The molecule has 1 saturated carbocycles. The monoisotopic (exact) mass is 279 g/mol. The largest absolute Gasteiger partial charge is 0.440 e. The summed E-state index contributed by atoms with van der Waals surface area (Å²) < 4.78 is 5.40. The average molecular weight is 279 g/mol. The van der Waals surface area contributed by atoms with Crippen molar-refractivity contribution in [1.29, 1.82) is 5.26 Å². The number of nitrogens with one attached hydrogen (secondary N) is 1. The maximum Gasteiger partial charge on any atom is 0.256 e. The lowest BCUT2D eigenvalue weighted by Gasteiger charge is -2.37. The second-order valence-corrected chi connectivity index (χ2v) is 6.84. The highest BCUT2D eigenvalue weighted by Gasteiger charge is 2.37. The quantitative estimate of drug-likeness (QED) is 0.916. The standard InChI is InChI=1S/C14H21N3OS/c1-10(2)17-14(9-15)6-4-5-12(7-14)19-13-16-11(3)8-18-13/h8,10,12,17H,4-7H2,1-3H3. The Labute approximate surface area is 119 Å². The van der Waals surface area contributed by atoms with Gasteiger partial charge in [-0.2, -0.15) is 5.26 Å². The molecular formula is C14H21N3OS. The summed E-state index contributed by atoms with van der Waals surface area (Å²) >= 11 is 1.66. The third-order valence-corrected chi connectivity index (χ3v) is 4.48. The number of thioether (sulfide) groups is 1.